The van der Waals surface area contributed by atoms with Crippen LogP contribution in [0.2, 0.25) is 0 Å². The summed E-state index contributed by atoms with van der Waals surface area (Å²) in [7, 11) is 1.78. The number of aromatic nitrogens is 3. The molecule has 0 fully saturated rings. The summed E-state index contributed by atoms with van der Waals surface area (Å²) >= 11 is 5.76. The lowest BCUT2D eigenvalue weighted by molar-refractivity contribution is -0.0891. The molecule has 0 saturated heterocycles. The number of nitrogens with zero attached hydrogens (tertiary/aromatic N) is 3. The third-order valence-electron chi connectivity index (χ3n) is 4.95. The van der Waals surface area contributed by atoms with Crippen LogP contribution in [0.25, 0.3) is 22.2 Å². The fraction of sp³-hybridized carbons (Fsp3) is 0.238. The van der Waals surface area contributed by atoms with E-state index >= 15 is 0 Å². The third-order valence-corrected chi connectivity index (χ3v) is 5.31. The number of allylic oxidation sites excluding steroid dienone is 2. The van der Waals surface area contributed by atoms with E-state index in [0.29, 0.717) is 28.2 Å². The second-order valence-corrected chi connectivity index (χ2v) is 7.49. The van der Waals surface area contributed by atoms with Gasteiger partial charge in [0.05, 0.1) is 33.9 Å². The molecule has 0 bridgehead atoms. The van der Waals surface area contributed by atoms with Gasteiger partial charge in [-0.2, -0.15) is 18.3 Å². The maximum absolute atomic E-state index is 13.3. The predicted octanol–water partition coefficient (Wildman–Crippen LogP) is 5.88. The van der Waals surface area contributed by atoms with Gasteiger partial charge < -0.3 is 5.32 Å². The summed E-state index contributed by atoms with van der Waals surface area (Å²) in [6.45, 7) is 1.81. The molecule has 9 heteroatoms. The van der Waals surface area contributed by atoms with Gasteiger partial charge in [-0.15, -0.1) is 0 Å². The first kappa shape index (κ1) is 20.4. The fourth-order valence-corrected chi connectivity index (χ4v) is 3.80. The quantitative estimate of drug-likeness (QED) is 0.521. The maximum atomic E-state index is 13.3. The lowest BCUT2D eigenvalue weighted by Gasteiger charge is -2.23. The van der Waals surface area contributed by atoms with Gasteiger partial charge in [-0.05, 0) is 49.8 Å². The van der Waals surface area contributed by atoms with Gasteiger partial charge in [0, 0.05) is 17.6 Å². The Morgan fingerprint density at radius 2 is 1.90 bits per heavy atom. The van der Waals surface area contributed by atoms with E-state index in [9.17, 15) is 17.6 Å². The Morgan fingerprint density at radius 1 is 1.20 bits per heavy atom. The van der Waals surface area contributed by atoms with E-state index in [-0.39, 0.29) is 17.3 Å². The molecule has 0 amide bonds. The van der Waals surface area contributed by atoms with Crippen LogP contribution in [0, 0.1) is 12.7 Å². The van der Waals surface area contributed by atoms with E-state index in [1.54, 1.807) is 30.8 Å². The zero-order valence-electron chi connectivity index (χ0n) is 16.1. The second kappa shape index (κ2) is 7.43. The van der Waals surface area contributed by atoms with E-state index in [2.05, 4.69) is 15.4 Å². The Labute approximate surface area is 174 Å². The largest absolute Gasteiger partial charge is 0.417 e. The van der Waals surface area contributed by atoms with Crippen LogP contribution in [-0.2, 0) is 7.05 Å². The van der Waals surface area contributed by atoms with E-state index in [0.717, 1.165) is 11.6 Å². The van der Waals surface area contributed by atoms with E-state index in [1.165, 1.54) is 18.2 Å². The van der Waals surface area contributed by atoms with E-state index in [4.69, 9.17) is 11.6 Å². The minimum Gasteiger partial charge on any atom is -0.363 e. The van der Waals surface area contributed by atoms with Crippen LogP contribution >= 0.6 is 11.6 Å². The van der Waals surface area contributed by atoms with Crippen LogP contribution in [0.1, 0.15) is 12.1 Å². The fourth-order valence-electron chi connectivity index (χ4n) is 3.54. The highest BCUT2D eigenvalue weighted by atomic mass is 35.5. The molecule has 30 heavy (non-hydrogen) atoms. The number of benzene rings is 1. The van der Waals surface area contributed by atoms with E-state index in [1.807, 2.05) is 6.07 Å². The first-order valence-corrected chi connectivity index (χ1v) is 9.53. The molecule has 4 rings (SSSR count). The van der Waals surface area contributed by atoms with Crippen molar-refractivity contribution < 1.29 is 17.6 Å². The summed E-state index contributed by atoms with van der Waals surface area (Å²) in [5.74, 6) is 0.0388. The second-order valence-electron chi connectivity index (χ2n) is 7.08. The van der Waals surface area contributed by atoms with Gasteiger partial charge in [0.25, 0.3) is 0 Å². The molecule has 1 unspecified atom stereocenters. The molecule has 2 heterocycles. The Bertz CT molecular complexity index is 1180. The minimum absolute atomic E-state index is 0.279. The first-order valence-electron chi connectivity index (χ1n) is 9.15. The molecular weight excluding hydrogens is 420 g/mol. The highest BCUT2D eigenvalue weighted by Crippen LogP contribution is 2.37. The van der Waals surface area contributed by atoms with Crippen molar-refractivity contribution in [3.05, 3.63) is 64.6 Å². The van der Waals surface area contributed by atoms with Crippen molar-refractivity contribution >= 4 is 28.3 Å². The number of rotatable bonds is 3. The van der Waals surface area contributed by atoms with Crippen molar-refractivity contribution in [3.63, 3.8) is 0 Å². The monoisotopic (exact) mass is 436 g/mol. The van der Waals surface area contributed by atoms with Gasteiger partial charge in [0.2, 0.25) is 0 Å². The van der Waals surface area contributed by atoms with Gasteiger partial charge in [0.15, 0.2) is 0 Å². The predicted molar refractivity (Wildman–Crippen MR) is 109 cm³/mol. The molecule has 0 radical (unpaired) electrons. The zero-order valence-corrected chi connectivity index (χ0v) is 16.8. The highest BCUT2D eigenvalue weighted by Gasteiger charge is 2.37. The van der Waals surface area contributed by atoms with Crippen molar-refractivity contribution in [2.75, 3.05) is 5.32 Å². The van der Waals surface area contributed by atoms with Gasteiger partial charge >= 0.3 is 6.18 Å². The topological polar surface area (TPSA) is 42.7 Å². The molecule has 4 nitrogen and oxygen atoms in total. The lowest BCUT2D eigenvalue weighted by atomic mass is 10.0. The summed E-state index contributed by atoms with van der Waals surface area (Å²) in [5.41, 5.74) is 1.81. The molecule has 1 aliphatic carbocycles. The molecular formula is C21H17ClF4N4. The van der Waals surface area contributed by atoms with Gasteiger partial charge in [-0.1, -0.05) is 17.7 Å². The smallest absolute Gasteiger partial charge is 0.363 e. The highest BCUT2D eigenvalue weighted by molar-refractivity contribution is 6.32. The van der Waals surface area contributed by atoms with Crippen molar-refractivity contribution in [1.82, 2.24) is 14.8 Å². The summed E-state index contributed by atoms with van der Waals surface area (Å²) in [6.07, 6.45) is -1.84. The Kier molecular flexibility index (Phi) is 5.05. The summed E-state index contributed by atoms with van der Waals surface area (Å²) in [6, 6.07) is 7.03. The third kappa shape index (κ3) is 3.79. The van der Waals surface area contributed by atoms with Crippen LogP contribution < -0.4 is 5.32 Å². The normalized spacial score (nSPS) is 17.1. The molecule has 1 N–H and O–H groups in total. The van der Waals surface area contributed by atoms with Crippen molar-refractivity contribution in [1.29, 1.82) is 0 Å². The number of alkyl halides is 3. The lowest BCUT2D eigenvalue weighted by Crippen LogP contribution is -2.24. The Morgan fingerprint density at radius 3 is 2.57 bits per heavy atom. The number of pyridine rings is 1. The Hall–Kier alpha value is -2.87. The summed E-state index contributed by atoms with van der Waals surface area (Å²) in [4.78, 5) is 4.62. The number of fused-ring (bicyclic) bond motifs is 1. The molecule has 156 valence electrons. The average Bonchev–Trinajstić information content (AvgIpc) is 2.97. The summed E-state index contributed by atoms with van der Waals surface area (Å²) in [5, 5.41) is 7.92. The standard InChI is InChI=1S/C21H17ClF4N4/c1-11-19-18(30(2)29-11)10-17(12-3-5-13(23)6-4-12)28-20(19)27-14-7-8-16(22)15(9-14)21(24,25)26/h3-6,8-10,14H,7H2,1-2H3,(H,27,28). The molecule has 0 saturated carbocycles. The average molecular weight is 437 g/mol. The molecule has 2 aromatic heterocycles. The van der Waals surface area contributed by atoms with Crippen molar-refractivity contribution in [2.45, 2.75) is 25.6 Å². The number of halogens is 5. The van der Waals surface area contributed by atoms with Crippen molar-refractivity contribution in [3.8, 4) is 11.3 Å². The van der Waals surface area contributed by atoms with Gasteiger partial charge in [-0.3, -0.25) is 4.68 Å². The molecule has 1 aliphatic rings. The molecule has 1 aromatic carbocycles. The molecule has 1 atom stereocenters. The first-order chi connectivity index (χ1) is 14.1. The van der Waals surface area contributed by atoms with E-state index < -0.39 is 17.8 Å². The maximum Gasteiger partial charge on any atom is 0.417 e. The SMILES string of the molecule is Cc1nn(C)c2cc(-c3ccc(F)cc3)nc(NC3C=C(C(F)(F)F)C(Cl)=CC3)c12. The van der Waals surface area contributed by atoms with Crippen LogP contribution in [0.3, 0.4) is 0 Å². The molecule has 0 aliphatic heterocycles. The zero-order chi connectivity index (χ0) is 21.6. The van der Waals surface area contributed by atoms with Crippen LogP contribution in [0.5, 0.6) is 0 Å². The number of anilines is 1. The molecule has 3 aromatic rings. The van der Waals surface area contributed by atoms with Gasteiger partial charge in [0.1, 0.15) is 11.6 Å². The van der Waals surface area contributed by atoms with Crippen LogP contribution in [0.4, 0.5) is 23.4 Å². The van der Waals surface area contributed by atoms with Crippen LogP contribution in [-0.4, -0.2) is 27.0 Å². The van der Waals surface area contributed by atoms with Crippen LogP contribution in [0.15, 0.2) is 53.1 Å². The number of nitrogens with one attached hydrogen (secondary N) is 1. The van der Waals surface area contributed by atoms with Crippen molar-refractivity contribution in [2.24, 2.45) is 7.05 Å². The van der Waals surface area contributed by atoms with Gasteiger partial charge in [-0.25, -0.2) is 9.37 Å². The Balaban J connectivity index is 1.80. The number of aryl methyl sites for hydroxylation is 2. The minimum atomic E-state index is -4.54. The summed E-state index contributed by atoms with van der Waals surface area (Å²) < 4.78 is 54.8. The number of hydrogen-bond acceptors (Lipinski definition) is 3. The molecule has 0 spiro atoms. The number of hydrogen-bond donors (Lipinski definition) is 1.